The highest BCUT2D eigenvalue weighted by Crippen LogP contribution is 2.33. The van der Waals surface area contributed by atoms with Gasteiger partial charge in [0.25, 0.3) is 5.91 Å². The maximum absolute atomic E-state index is 13.0. The Morgan fingerprint density at radius 3 is 2.80 bits per heavy atom. The molecule has 3 heterocycles. The molecule has 4 nitrogen and oxygen atoms in total. The number of amides is 1. The van der Waals surface area contributed by atoms with Crippen molar-refractivity contribution in [3.63, 3.8) is 0 Å². The normalized spacial score (nSPS) is 16.9. The number of likely N-dealkylation sites (tertiary alicyclic amines) is 1. The lowest BCUT2D eigenvalue weighted by Crippen LogP contribution is -2.39. The van der Waals surface area contributed by atoms with Gasteiger partial charge in [0.2, 0.25) is 0 Å². The Bertz CT molecular complexity index is 865. The van der Waals surface area contributed by atoms with Crippen molar-refractivity contribution in [2.75, 3.05) is 13.1 Å². The van der Waals surface area contributed by atoms with Gasteiger partial charge in [-0.15, -0.1) is 11.3 Å². The summed E-state index contributed by atoms with van der Waals surface area (Å²) in [5.41, 5.74) is 0.733. The number of aliphatic hydroxyl groups is 1. The molecular weight excluding hydrogens is 332 g/mol. The molecule has 3 aromatic rings. The van der Waals surface area contributed by atoms with E-state index in [1.54, 1.807) is 23.7 Å². The summed E-state index contributed by atoms with van der Waals surface area (Å²) in [5.74, 6) is 0.292. The van der Waals surface area contributed by atoms with Crippen LogP contribution in [-0.2, 0) is 0 Å². The zero-order valence-corrected chi connectivity index (χ0v) is 14.7. The van der Waals surface area contributed by atoms with Gasteiger partial charge in [-0.2, -0.15) is 0 Å². The molecule has 4 rings (SSSR count). The number of thiophene rings is 1. The average molecular weight is 352 g/mol. The second kappa shape index (κ2) is 6.94. The van der Waals surface area contributed by atoms with E-state index in [0.717, 1.165) is 34.1 Å². The molecule has 1 N–H and O–H groups in total. The quantitative estimate of drug-likeness (QED) is 0.778. The van der Waals surface area contributed by atoms with Gasteiger partial charge >= 0.3 is 0 Å². The molecule has 0 spiro atoms. The highest BCUT2D eigenvalue weighted by atomic mass is 32.1. The number of carbonyl (C=O) groups is 1. The minimum Gasteiger partial charge on any atom is -0.387 e. The lowest BCUT2D eigenvalue weighted by Gasteiger charge is -2.34. The number of nitrogens with zero attached hydrogens (tertiary/aromatic N) is 2. The van der Waals surface area contributed by atoms with Crippen LogP contribution in [0.3, 0.4) is 0 Å². The van der Waals surface area contributed by atoms with E-state index < -0.39 is 6.10 Å². The molecule has 1 aliphatic heterocycles. The lowest BCUT2D eigenvalue weighted by atomic mass is 9.90. The smallest absolute Gasteiger partial charge is 0.254 e. The number of aromatic nitrogens is 1. The molecule has 1 fully saturated rings. The summed E-state index contributed by atoms with van der Waals surface area (Å²) in [6, 6.07) is 11.6. The van der Waals surface area contributed by atoms with Crippen molar-refractivity contribution in [2.45, 2.75) is 18.9 Å². The van der Waals surface area contributed by atoms with Crippen LogP contribution in [0.4, 0.5) is 0 Å². The SMILES string of the molecule is O=C(c1cccc2cnccc12)N1CCC([C@@H](O)c2cccs2)CC1. The first-order chi connectivity index (χ1) is 12.2. The van der Waals surface area contributed by atoms with Crippen molar-refractivity contribution in [1.82, 2.24) is 9.88 Å². The summed E-state index contributed by atoms with van der Waals surface area (Å²) in [4.78, 5) is 20.0. The molecule has 0 unspecified atom stereocenters. The topological polar surface area (TPSA) is 53.4 Å². The van der Waals surface area contributed by atoms with E-state index in [-0.39, 0.29) is 11.8 Å². The van der Waals surface area contributed by atoms with E-state index in [0.29, 0.717) is 13.1 Å². The van der Waals surface area contributed by atoms with Crippen molar-refractivity contribution in [3.05, 3.63) is 64.6 Å². The van der Waals surface area contributed by atoms with Gasteiger partial charge in [-0.3, -0.25) is 9.78 Å². The fraction of sp³-hybridized carbons (Fsp3) is 0.300. The second-order valence-electron chi connectivity index (χ2n) is 6.49. The van der Waals surface area contributed by atoms with Crippen LogP contribution in [0.1, 0.15) is 34.2 Å². The average Bonchev–Trinajstić information content (AvgIpc) is 3.21. The number of rotatable bonds is 3. The van der Waals surface area contributed by atoms with Crippen LogP contribution >= 0.6 is 11.3 Å². The van der Waals surface area contributed by atoms with Crippen LogP contribution in [0, 0.1) is 5.92 Å². The van der Waals surface area contributed by atoms with Gasteiger partial charge in [0.1, 0.15) is 0 Å². The van der Waals surface area contributed by atoms with Crippen molar-refractivity contribution in [2.24, 2.45) is 5.92 Å². The van der Waals surface area contributed by atoms with Crippen LogP contribution in [0.2, 0.25) is 0 Å². The Kier molecular flexibility index (Phi) is 4.51. The summed E-state index contributed by atoms with van der Waals surface area (Å²) >= 11 is 1.59. The van der Waals surface area contributed by atoms with E-state index in [1.807, 2.05) is 46.7 Å². The lowest BCUT2D eigenvalue weighted by molar-refractivity contribution is 0.0475. The van der Waals surface area contributed by atoms with Gasteiger partial charge in [0.15, 0.2) is 0 Å². The van der Waals surface area contributed by atoms with Gasteiger partial charge in [0, 0.05) is 41.3 Å². The van der Waals surface area contributed by atoms with Crippen LogP contribution in [0.15, 0.2) is 54.2 Å². The fourth-order valence-electron chi connectivity index (χ4n) is 3.59. The molecule has 1 aromatic carbocycles. The summed E-state index contributed by atoms with van der Waals surface area (Å²) in [6.07, 6.45) is 4.76. The van der Waals surface area contributed by atoms with Crippen molar-refractivity contribution in [1.29, 1.82) is 0 Å². The Morgan fingerprint density at radius 2 is 2.04 bits per heavy atom. The number of carbonyl (C=O) groups excluding carboxylic acids is 1. The molecule has 0 saturated carbocycles. The third kappa shape index (κ3) is 3.17. The fourth-order valence-corrected chi connectivity index (χ4v) is 4.39. The van der Waals surface area contributed by atoms with E-state index in [4.69, 9.17) is 0 Å². The van der Waals surface area contributed by atoms with Gasteiger partial charge < -0.3 is 10.0 Å². The zero-order chi connectivity index (χ0) is 17.2. The molecule has 1 atom stereocenters. The van der Waals surface area contributed by atoms with Crippen LogP contribution < -0.4 is 0 Å². The molecule has 2 aromatic heterocycles. The minimum atomic E-state index is -0.416. The first-order valence-electron chi connectivity index (χ1n) is 8.57. The van der Waals surface area contributed by atoms with Crippen LogP contribution in [0.25, 0.3) is 10.8 Å². The van der Waals surface area contributed by atoms with Gasteiger partial charge in [-0.05, 0) is 47.7 Å². The largest absolute Gasteiger partial charge is 0.387 e. The number of aliphatic hydroxyl groups excluding tert-OH is 1. The summed E-state index contributed by atoms with van der Waals surface area (Å²) in [5, 5.41) is 14.4. The molecule has 1 amide bonds. The highest BCUT2D eigenvalue weighted by Gasteiger charge is 2.29. The molecule has 5 heteroatoms. The maximum atomic E-state index is 13.0. The first kappa shape index (κ1) is 16.2. The summed E-state index contributed by atoms with van der Waals surface area (Å²) in [6.45, 7) is 1.38. The van der Waals surface area contributed by atoms with Crippen molar-refractivity contribution >= 4 is 28.0 Å². The number of hydrogen-bond acceptors (Lipinski definition) is 4. The number of benzene rings is 1. The first-order valence-corrected chi connectivity index (χ1v) is 9.45. The number of piperidine rings is 1. The Labute approximate surface area is 150 Å². The Balaban J connectivity index is 1.48. The Hall–Kier alpha value is -2.24. The zero-order valence-electron chi connectivity index (χ0n) is 13.8. The van der Waals surface area contributed by atoms with E-state index >= 15 is 0 Å². The van der Waals surface area contributed by atoms with Crippen molar-refractivity contribution < 1.29 is 9.90 Å². The third-order valence-electron chi connectivity index (χ3n) is 5.02. The molecule has 25 heavy (non-hydrogen) atoms. The molecular formula is C20H20N2O2S. The van der Waals surface area contributed by atoms with Crippen LogP contribution in [-0.4, -0.2) is 34.0 Å². The van der Waals surface area contributed by atoms with E-state index in [1.165, 1.54) is 0 Å². The Morgan fingerprint density at radius 1 is 1.20 bits per heavy atom. The molecule has 0 radical (unpaired) electrons. The number of fused-ring (bicyclic) bond motifs is 1. The standard InChI is InChI=1S/C20H20N2O2S/c23-19(18-5-2-12-25-18)14-7-10-22(11-8-14)20(24)17-4-1-3-15-13-21-9-6-16(15)17/h1-6,9,12-14,19,23H,7-8,10-11H2/t19-/m1/s1. The van der Waals surface area contributed by atoms with Crippen molar-refractivity contribution in [3.8, 4) is 0 Å². The van der Waals surface area contributed by atoms with Gasteiger partial charge in [0.05, 0.1) is 6.10 Å². The minimum absolute atomic E-state index is 0.0702. The molecule has 1 saturated heterocycles. The molecule has 128 valence electrons. The third-order valence-corrected chi connectivity index (χ3v) is 5.96. The maximum Gasteiger partial charge on any atom is 0.254 e. The highest BCUT2D eigenvalue weighted by molar-refractivity contribution is 7.10. The predicted molar refractivity (Wildman–Crippen MR) is 99.6 cm³/mol. The van der Waals surface area contributed by atoms with E-state index in [2.05, 4.69) is 4.98 Å². The molecule has 1 aliphatic rings. The number of hydrogen-bond donors (Lipinski definition) is 1. The predicted octanol–water partition coefficient (Wildman–Crippen LogP) is 3.88. The summed E-state index contributed by atoms with van der Waals surface area (Å²) in [7, 11) is 0. The second-order valence-corrected chi connectivity index (χ2v) is 7.47. The van der Waals surface area contributed by atoms with Gasteiger partial charge in [-0.25, -0.2) is 0 Å². The van der Waals surface area contributed by atoms with Crippen LogP contribution in [0.5, 0.6) is 0 Å². The molecule has 0 aliphatic carbocycles. The van der Waals surface area contributed by atoms with Gasteiger partial charge in [-0.1, -0.05) is 18.2 Å². The molecule has 0 bridgehead atoms. The van der Waals surface area contributed by atoms with E-state index in [9.17, 15) is 9.90 Å². The summed E-state index contributed by atoms with van der Waals surface area (Å²) < 4.78 is 0. The number of pyridine rings is 1. The monoisotopic (exact) mass is 352 g/mol.